The van der Waals surface area contributed by atoms with Crippen molar-refractivity contribution in [1.29, 1.82) is 0 Å². The molecule has 1 atom stereocenters. The SMILES string of the molecule is CC(C)C(CNC(=O)c1cn(C)nc1C(F)(F)F)N1CCCCCC1. The maximum absolute atomic E-state index is 13.0. The van der Waals surface area contributed by atoms with Gasteiger partial charge in [0.25, 0.3) is 5.91 Å². The van der Waals surface area contributed by atoms with Crippen molar-refractivity contribution in [2.24, 2.45) is 13.0 Å². The molecule has 0 aromatic carbocycles. The first-order chi connectivity index (χ1) is 11.7. The molecule has 1 unspecified atom stereocenters. The summed E-state index contributed by atoms with van der Waals surface area (Å²) < 4.78 is 40.1. The molecule has 1 N–H and O–H groups in total. The highest BCUT2D eigenvalue weighted by Crippen LogP contribution is 2.30. The van der Waals surface area contributed by atoms with Crippen LogP contribution in [-0.4, -0.2) is 46.3 Å². The van der Waals surface area contributed by atoms with Gasteiger partial charge in [-0.25, -0.2) is 0 Å². The van der Waals surface area contributed by atoms with Crippen LogP contribution in [-0.2, 0) is 13.2 Å². The van der Waals surface area contributed by atoms with Crippen LogP contribution in [0.4, 0.5) is 13.2 Å². The van der Waals surface area contributed by atoms with Gasteiger partial charge in [0.05, 0.1) is 5.56 Å². The number of amides is 1. The number of rotatable bonds is 5. The summed E-state index contributed by atoms with van der Waals surface area (Å²) in [4.78, 5) is 14.7. The summed E-state index contributed by atoms with van der Waals surface area (Å²) in [6, 6.07) is 0.119. The first-order valence-electron chi connectivity index (χ1n) is 8.83. The molecule has 8 heteroatoms. The fourth-order valence-corrected chi connectivity index (χ4v) is 3.37. The average Bonchev–Trinajstić information content (AvgIpc) is 2.74. The normalized spacial score (nSPS) is 18.2. The minimum Gasteiger partial charge on any atom is -0.350 e. The Hall–Kier alpha value is -1.57. The van der Waals surface area contributed by atoms with Gasteiger partial charge in [0, 0.05) is 25.8 Å². The minimum atomic E-state index is -4.64. The number of hydrogen-bond donors (Lipinski definition) is 1. The Morgan fingerprint density at radius 1 is 1.24 bits per heavy atom. The average molecular weight is 360 g/mol. The van der Waals surface area contributed by atoms with Gasteiger partial charge < -0.3 is 5.32 Å². The number of nitrogens with zero attached hydrogens (tertiary/aromatic N) is 3. The van der Waals surface area contributed by atoms with E-state index in [0.29, 0.717) is 12.5 Å². The van der Waals surface area contributed by atoms with Crippen molar-refractivity contribution < 1.29 is 18.0 Å². The van der Waals surface area contributed by atoms with Crippen LogP contribution in [0.1, 0.15) is 55.6 Å². The van der Waals surface area contributed by atoms with E-state index in [0.717, 1.165) is 36.8 Å². The zero-order valence-electron chi connectivity index (χ0n) is 15.1. The van der Waals surface area contributed by atoms with E-state index in [1.165, 1.54) is 19.9 Å². The van der Waals surface area contributed by atoms with Crippen molar-refractivity contribution in [3.63, 3.8) is 0 Å². The number of aromatic nitrogens is 2. The molecule has 1 aromatic rings. The molecule has 1 saturated heterocycles. The van der Waals surface area contributed by atoms with Gasteiger partial charge in [0.2, 0.25) is 0 Å². The maximum Gasteiger partial charge on any atom is 0.435 e. The third kappa shape index (κ3) is 5.20. The summed E-state index contributed by atoms with van der Waals surface area (Å²) in [5, 5.41) is 6.08. The van der Waals surface area contributed by atoms with Crippen LogP contribution >= 0.6 is 0 Å². The van der Waals surface area contributed by atoms with Crippen LogP contribution in [0.15, 0.2) is 6.20 Å². The molecule has 1 aromatic heterocycles. The van der Waals surface area contributed by atoms with Crippen molar-refractivity contribution in [3.05, 3.63) is 17.5 Å². The van der Waals surface area contributed by atoms with Gasteiger partial charge in [0.15, 0.2) is 5.69 Å². The van der Waals surface area contributed by atoms with Crippen LogP contribution in [0.3, 0.4) is 0 Å². The smallest absolute Gasteiger partial charge is 0.350 e. The number of halogens is 3. The monoisotopic (exact) mass is 360 g/mol. The third-order valence-corrected chi connectivity index (χ3v) is 4.69. The second kappa shape index (κ2) is 8.21. The maximum atomic E-state index is 13.0. The number of alkyl halides is 3. The molecule has 0 bridgehead atoms. The molecule has 142 valence electrons. The first-order valence-corrected chi connectivity index (χ1v) is 8.83. The molecule has 1 aliphatic rings. The lowest BCUT2D eigenvalue weighted by Gasteiger charge is -2.33. The highest BCUT2D eigenvalue weighted by Gasteiger charge is 2.39. The Morgan fingerprint density at radius 3 is 2.36 bits per heavy atom. The molecule has 0 aliphatic carbocycles. The predicted octanol–water partition coefficient (Wildman–Crippen LogP) is 3.07. The lowest BCUT2D eigenvalue weighted by Crippen LogP contribution is -2.47. The van der Waals surface area contributed by atoms with E-state index in [-0.39, 0.29) is 6.04 Å². The van der Waals surface area contributed by atoms with Crippen LogP contribution in [0.5, 0.6) is 0 Å². The Labute approximate surface area is 146 Å². The summed E-state index contributed by atoms with van der Waals surface area (Å²) in [6.45, 7) is 6.43. The second-order valence-electron chi connectivity index (χ2n) is 7.03. The summed E-state index contributed by atoms with van der Waals surface area (Å²) >= 11 is 0. The Kier molecular flexibility index (Phi) is 6.48. The zero-order chi connectivity index (χ0) is 18.6. The van der Waals surface area contributed by atoms with Crippen molar-refractivity contribution in [1.82, 2.24) is 20.0 Å². The molecular weight excluding hydrogens is 333 g/mol. The van der Waals surface area contributed by atoms with Gasteiger partial charge >= 0.3 is 6.18 Å². The molecule has 1 amide bonds. The molecule has 1 aliphatic heterocycles. The summed E-state index contributed by atoms with van der Waals surface area (Å²) in [5.74, 6) is -0.421. The summed E-state index contributed by atoms with van der Waals surface area (Å²) in [7, 11) is 1.38. The Balaban J connectivity index is 2.06. The van der Waals surface area contributed by atoms with Crippen LogP contribution in [0.25, 0.3) is 0 Å². The van der Waals surface area contributed by atoms with Gasteiger partial charge in [-0.1, -0.05) is 26.7 Å². The molecular formula is C17H27F3N4O. The lowest BCUT2D eigenvalue weighted by molar-refractivity contribution is -0.141. The van der Waals surface area contributed by atoms with Crippen LogP contribution in [0.2, 0.25) is 0 Å². The first kappa shape index (κ1) is 19.8. The highest BCUT2D eigenvalue weighted by molar-refractivity contribution is 5.95. The molecule has 0 radical (unpaired) electrons. The molecule has 5 nitrogen and oxygen atoms in total. The van der Waals surface area contributed by atoms with E-state index in [1.54, 1.807) is 0 Å². The fraction of sp³-hybridized carbons (Fsp3) is 0.765. The van der Waals surface area contributed by atoms with Gasteiger partial charge in [0.1, 0.15) is 0 Å². The quantitative estimate of drug-likeness (QED) is 0.878. The van der Waals surface area contributed by atoms with E-state index in [4.69, 9.17) is 0 Å². The van der Waals surface area contributed by atoms with E-state index in [1.807, 2.05) is 0 Å². The number of likely N-dealkylation sites (tertiary alicyclic amines) is 1. The Bertz CT molecular complexity index is 575. The fourth-order valence-electron chi connectivity index (χ4n) is 3.37. The van der Waals surface area contributed by atoms with Crippen molar-refractivity contribution in [2.75, 3.05) is 19.6 Å². The number of carbonyl (C=O) groups is 1. The summed E-state index contributed by atoms with van der Waals surface area (Å²) in [5.41, 5.74) is -1.56. The zero-order valence-corrected chi connectivity index (χ0v) is 15.1. The molecule has 2 rings (SSSR count). The topological polar surface area (TPSA) is 50.2 Å². The van der Waals surface area contributed by atoms with Gasteiger partial charge in [-0.05, 0) is 31.8 Å². The third-order valence-electron chi connectivity index (χ3n) is 4.69. The van der Waals surface area contributed by atoms with E-state index in [9.17, 15) is 18.0 Å². The minimum absolute atomic E-state index is 0.119. The second-order valence-corrected chi connectivity index (χ2v) is 7.03. The van der Waals surface area contributed by atoms with Gasteiger partial charge in [-0.3, -0.25) is 14.4 Å². The van der Waals surface area contributed by atoms with Crippen LogP contribution in [0, 0.1) is 5.92 Å². The van der Waals surface area contributed by atoms with Gasteiger partial charge in [-0.15, -0.1) is 0 Å². The van der Waals surface area contributed by atoms with Gasteiger partial charge in [-0.2, -0.15) is 18.3 Å². The summed E-state index contributed by atoms with van der Waals surface area (Å²) in [6.07, 6.45) is 1.14. The molecule has 0 spiro atoms. The van der Waals surface area contributed by atoms with E-state index in [2.05, 4.69) is 29.2 Å². The van der Waals surface area contributed by atoms with Crippen LogP contribution < -0.4 is 5.32 Å². The standard InChI is InChI=1S/C17H27F3N4O/c1-12(2)14(24-8-6-4-5-7-9-24)10-21-16(25)13-11-23(3)22-15(13)17(18,19)20/h11-12,14H,4-10H2,1-3H3,(H,21,25). The predicted molar refractivity (Wildman–Crippen MR) is 89.2 cm³/mol. The van der Waals surface area contributed by atoms with Crippen molar-refractivity contribution in [3.8, 4) is 0 Å². The number of nitrogens with one attached hydrogen (secondary N) is 1. The number of hydrogen-bond acceptors (Lipinski definition) is 3. The molecule has 1 fully saturated rings. The van der Waals surface area contributed by atoms with E-state index >= 15 is 0 Å². The molecule has 0 saturated carbocycles. The Morgan fingerprint density at radius 2 is 1.84 bits per heavy atom. The molecule has 25 heavy (non-hydrogen) atoms. The highest BCUT2D eigenvalue weighted by atomic mass is 19.4. The van der Waals surface area contributed by atoms with Crippen molar-refractivity contribution in [2.45, 2.75) is 51.7 Å². The van der Waals surface area contributed by atoms with E-state index < -0.39 is 23.3 Å². The van der Waals surface area contributed by atoms with Crippen molar-refractivity contribution >= 4 is 5.91 Å². The molecule has 2 heterocycles. The number of carbonyl (C=O) groups excluding carboxylic acids is 1. The largest absolute Gasteiger partial charge is 0.435 e. The number of aryl methyl sites for hydroxylation is 1. The lowest BCUT2D eigenvalue weighted by atomic mass is 10.0.